The molecule has 0 saturated carbocycles. The molecule has 0 atom stereocenters. The third-order valence-corrected chi connectivity index (χ3v) is 14.7. The second-order valence-corrected chi connectivity index (χ2v) is 22.4. The molecule has 0 heterocycles. The molecule has 5 heteroatoms. The van der Waals surface area contributed by atoms with E-state index < -0.39 is 5.97 Å². The Labute approximate surface area is 460 Å². The zero-order valence-corrected chi connectivity index (χ0v) is 50.7. The van der Waals surface area contributed by atoms with Crippen LogP contribution in [0.1, 0.15) is 387 Å². The van der Waals surface area contributed by atoms with E-state index in [4.69, 9.17) is 10.8 Å². The van der Waals surface area contributed by atoms with Gasteiger partial charge in [-0.2, -0.15) is 0 Å². The minimum atomic E-state index is -0.664. The SMILES string of the molecule is CCCCCCCC/C=C\CCCCCCCC(=O)NCCCCCCCCCCCCCCCC.CCCCCCCC/C=C\CCCCCCCC(=O)O.CCCCCCCCCCCCCCCCN. The minimum absolute atomic E-state index is 0.266. The van der Waals surface area contributed by atoms with Crippen LogP contribution in [0.3, 0.4) is 0 Å². The van der Waals surface area contributed by atoms with Gasteiger partial charge in [-0.3, -0.25) is 9.59 Å². The molecule has 0 aliphatic carbocycles. The highest BCUT2D eigenvalue weighted by atomic mass is 16.4. The smallest absolute Gasteiger partial charge is 0.303 e. The molecule has 73 heavy (non-hydrogen) atoms. The average Bonchev–Trinajstić information content (AvgIpc) is 3.39. The number of carbonyl (C=O) groups excluding carboxylic acids is 1. The number of rotatable bonds is 59. The second-order valence-electron chi connectivity index (χ2n) is 22.4. The van der Waals surface area contributed by atoms with Crippen LogP contribution >= 0.6 is 0 Å². The Bertz CT molecular complexity index is 1030. The van der Waals surface area contributed by atoms with Gasteiger partial charge in [0.1, 0.15) is 0 Å². The summed E-state index contributed by atoms with van der Waals surface area (Å²) in [5.74, 6) is -0.398. The molecule has 0 aliphatic heterocycles. The standard InChI is InChI=1S/C34H67NO.C18H34O2.C16H35N/c1-3-5-7-9-11-13-15-17-19-20-22-24-26-28-30-32-34(36)35-33-31-29-27-25-23-21-18-16-14-12-10-8-6-4-2;1-2-3-4-5-6-7-8-9-10-11-12-13-14-15-16-17-18(19)20;1-2-3-4-5-6-7-8-9-10-11-12-13-14-15-16-17/h17,19H,3-16,18,20-33H2,1-2H3,(H,35,36);9-10H,2-8,11-17H2,1H3,(H,19,20);2-17H2,1H3/b19-17-;10-9-;. The van der Waals surface area contributed by atoms with Crippen molar-refractivity contribution < 1.29 is 14.7 Å². The maximum absolute atomic E-state index is 12.0. The minimum Gasteiger partial charge on any atom is -0.481 e. The predicted molar refractivity (Wildman–Crippen MR) is 329 cm³/mol. The van der Waals surface area contributed by atoms with E-state index in [0.29, 0.717) is 6.42 Å². The molecule has 1 amide bonds. The first-order valence-corrected chi connectivity index (χ1v) is 33.5. The largest absolute Gasteiger partial charge is 0.481 e. The molecule has 0 fully saturated rings. The van der Waals surface area contributed by atoms with Crippen LogP contribution < -0.4 is 11.1 Å². The number of allylic oxidation sites excluding steroid dienone is 4. The molecule has 0 aliphatic rings. The lowest BCUT2D eigenvalue weighted by molar-refractivity contribution is -0.137. The van der Waals surface area contributed by atoms with Gasteiger partial charge in [0.2, 0.25) is 5.91 Å². The number of carbonyl (C=O) groups is 2. The van der Waals surface area contributed by atoms with E-state index in [9.17, 15) is 9.59 Å². The van der Waals surface area contributed by atoms with Gasteiger partial charge in [-0.1, -0.05) is 322 Å². The lowest BCUT2D eigenvalue weighted by Gasteiger charge is -2.06. The third kappa shape index (κ3) is 81.9. The van der Waals surface area contributed by atoms with Crippen molar-refractivity contribution >= 4 is 11.9 Å². The lowest BCUT2D eigenvalue weighted by Crippen LogP contribution is -2.23. The number of unbranched alkanes of at least 4 members (excludes halogenated alkanes) is 48. The summed E-state index contributed by atoms with van der Waals surface area (Å²) in [4.78, 5) is 22.3. The molecule has 0 saturated heterocycles. The zero-order chi connectivity index (χ0) is 53.7. The van der Waals surface area contributed by atoms with E-state index >= 15 is 0 Å². The fraction of sp³-hybridized carbons (Fsp3) is 0.912. The van der Waals surface area contributed by atoms with Crippen LogP contribution in [0.15, 0.2) is 24.3 Å². The summed E-state index contributed by atoms with van der Waals surface area (Å²) in [6.45, 7) is 10.9. The summed E-state index contributed by atoms with van der Waals surface area (Å²) < 4.78 is 0. The number of aliphatic carboxylic acids is 1. The van der Waals surface area contributed by atoms with Gasteiger partial charge in [0.25, 0.3) is 0 Å². The van der Waals surface area contributed by atoms with Gasteiger partial charge < -0.3 is 16.2 Å². The summed E-state index contributed by atoms with van der Waals surface area (Å²) >= 11 is 0. The van der Waals surface area contributed by atoms with Crippen molar-refractivity contribution in [3.05, 3.63) is 24.3 Å². The van der Waals surface area contributed by atoms with Crippen molar-refractivity contribution in [1.82, 2.24) is 5.32 Å². The zero-order valence-electron chi connectivity index (χ0n) is 50.7. The van der Waals surface area contributed by atoms with Crippen molar-refractivity contribution in [1.29, 1.82) is 0 Å². The molecule has 0 aromatic rings. The van der Waals surface area contributed by atoms with Gasteiger partial charge in [0.05, 0.1) is 0 Å². The normalized spacial score (nSPS) is 11.3. The molecule has 5 nitrogen and oxygen atoms in total. The molecule has 0 aromatic carbocycles. The van der Waals surface area contributed by atoms with Gasteiger partial charge in [0.15, 0.2) is 0 Å². The number of hydrogen-bond acceptors (Lipinski definition) is 3. The number of amides is 1. The number of nitrogens with one attached hydrogen (secondary N) is 1. The fourth-order valence-corrected chi connectivity index (χ4v) is 9.68. The van der Waals surface area contributed by atoms with E-state index in [-0.39, 0.29) is 5.91 Å². The molecule has 436 valence electrons. The first-order valence-electron chi connectivity index (χ1n) is 33.5. The Balaban J connectivity index is -0.00000111. The highest BCUT2D eigenvalue weighted by Crippen LogP contribution is 2.16. The van der Waals surface area contributed by atoms with Crippen LogP contribution in [0.2, 0.25) is 0 Å². The van der Waals surface area contributed by atoms with E-state index in [2.05, 4.69) is 57.3 Å². The Hall–Kier alpha value is -1.62. The van der Waals surface area contributed by atoms with Gasteiger partial charge in [-0.15, -0.1) is 0 Å². The molecule has 0 unspecified atom stereocenters. The van der Waals surface area contributed by atoms with Crippen LogP contribution in [0.25, 0.3) is 0 Å². The lowest BCUT2D eigenvalue weighted by atomic mass is 10.0. The molecule has 0 spiro atoms. The van der Waals surface area contributed by atoms with Crippen LogP contribution in [0.4, 0.5) is 0 Å². The Kier molecular flexibility index (Phi) is 77.3. The number of nitrogens with two attached hydrogens (primary N) is 1. The maximum Gasteiger partial charge on any atom is 0.303 e. The Morgan fingerprint density at radius 1 is 0.301 bits per heavy atom. The number of hydrogen-bond donors (Lipinski definition) is 3. The van der Waals surface area contributed by atoms with Crippen molar-refractivity contribution in [3.63, 3.8) is 0 Å². The quantitative estimate of drug-likeness (QED) is 0.0418. The first kappa shape index (κ1) is 75.6. The molecular formula is C68H136N2O3. The first-order chi connectivity index (χ1) is 36.0. The van der Waals surface area contributed by atoms with E-state index in [1.807, 2.05) is 0 Å². The molecule has 0 aromatic heterocycles. The summed E-state index contributed by atoms with van der Waals surface area (Å²) in [7, 11) is 0. The van der Waals surface area contributed by atoms with Crippen molar-refractivity contribution in [2.45, 2.75) is 387 Å². The van der Waals surface area contributed by atoms with Crippen LogP contribution in [0.5, 0.6) is 0 Å². The fourth-order valence-electron chi connectivity index (χ4n) is 9.68. The maximum atomic E-state index is 12.0. The molecule has 0 bridgehead atoms. The summed E-state index contributed by atoms with van der Waals surface area (Å²) in [6, 6.07) is 0. The summed E-state index contributed by atoms with van der Waals surface area (Å²) in [6.07, 6.45) is 83.0. The number of carboxylic acid groups (broad SMARTS) is 1. The van der Waals surface area contributed by atoms with E-state index in [1.54, 1.807) is 0 Å². The van der Waals surface area contributed by atoms with Crippen LogP contribution in [-0.4, -0.2) is 30.1 Å². The van der Waals surface area contributed by atoms with Gasteiger partial charge in [0, 0.05) is 19.4 Å². The third-order valence-electron chi connectivity index (χ3n) is 14.7. The average molecular weight is 1030 g/mol. The van der Waals surface area contributed by atoms with Crippen molar-refractivity contribution in [2.24, 2.45) is 5.73 Å². The van der Waals surface area contributed by atoms with Gasteiger partial charge in [-0.05, 0) is 83.6 Å². The van der Waals surface area contributed by atoms with E-state index in [1.165, 1.54) is 321 Å². The van der Waals surface area contributed by atoms with Gasteiger partial charge >= 0.3 is 5.97 Å². The van der Waals surface area contributed by atoms with Crippen molar-refractivity contribution in [2.75, 3.05) is 13.1 Å². The monoisotopic (exact) mass is 1030 g/mol. The highest BCUT2D eigenvalue weighted by Gasteiger charge is 2.02. The topological polar surface area (TPSA) is 92.4 Å². The highest BCUT2D eigenvalue weighted by molar-refractivity contribution is 5.75. The summed E-state index contributed by atoms with van der Waals surface area (Å²) in [5, 5.41) is 11.6. The van der Waals surface area contributed by atoms with Crippen LogP contribution in [0, 0.1) is 0 Å². The van der Waals surface area contributed by atoms with Crippen molar-refractivity contribution in [3.8, 4) is 0 Å². The molecule has 0 radical (unpaired) electrons. The van der Waals surface area contributed by atoms with Crippen LogP contribution in [-0.2, 0) is 9.59 Å². The molecule has 0 rings (SSSR count). The Morgan fingerprint density at radius 3 is 0.781 bits per heavy atom. The van der Waals surface area contributed by atoms with E-state index in [0.717, 1.165) is 45.2 Å². The molecular weight excluding hydrogens is 893 g/mol. The summed E-state index contributed by atoms with van der Waals surface area (Å²) in [5.41, 5.74) is 5.47. The Morgan fingerprint density at radius 2 is 0.521 bits per heavy atom. The molecule has 4 N–H and O–H groups in total. The van der Waals surface area contributed by atoms with Gasteiger partial charge in [-0.25, -0.2) is 0 Å². The second kappa shape index (κ2) is 74.6. The predicted octanol–water partition coefficient (Wildman–Crippen LogP) is 23.2. The number of carboxylic acids is 1.